The minimum atomic E-state index is -0.443. The molecule has 0 radical (unpaired) electrons. The lowest BCUT2D eigenvalue weighted by molar-refractivity contribution is -0.123. The van der Waals surface area contributed by atoms with Gasteiger partial charge in [0.15, 0.2) is 0 Å². The Labute approximate surface area is 121 Å². The summed E-state index contributed by atoms with van der Waals surface area (Å²) >= 11 is 0. The molecule has 3 heteroatoms. The van der Waals surface area contributed by atoms with E-state index in [9.17, 15) is 4.79 Å². The molecule has 0 saturated heterocycles. The molecule has 110 valence electrons. The van der Waals surface area contributed by atoms with Crippen LogP contribution in [0.25, 0.3) is 0 Å². The molecule has 1 aromatic carbocycles. The van der Waals surface area contributed by atoms with Crippen LogP contribution in [0.5, 0.6) is 0 Å². The Hall–Kier alpha value is -1.35. The number of hydrogen-bond donors (Lipinski definition) is 2. The summed E-state index contributed by atoms with van der Waals surface area (Å²) in [6.45, 7) is 2.25. The van der Waals surface area contributed by atoms with Gasteiger partial charge in [-0.1, -0.05) is 43.7 Å². The average molecular weight is 274 g/mol. The van der Waals surface area contributed by atoms with Crippen molar-refractivity contribution in [3.05, 3.63) is 35.9 Å². The van der Waals surface area contributed by atoms with Crippen LogP contribution in [0.2, 0.25) is 0 Å². The fraction of sp³-hybridized carbons (Fsp3) is 0.588. The number of nitrogens with one attached hydrogen (secondary N) is 1. The van der Waals surface area contributed by atoms with Gasteiger partial charge in [-0.3, -0.25) is 4.79 Å². The van der Waals surface area contributed by atoms with Crippen LogP contribution in [0.15, 0.2) is 30.3 Å². The Morgan fingerprint density at radius 3 is 2.50 bits per heavy atom. The highest BCUT2D eigenvalue weighted by Crippen LogP contribution is 2.26. The summed E-state index contributed by atoms with van der Waals surface area (Å²) in [7, 11) is 0. The lowest BCUT2D eigenvalue weighted by atomic mass is 9.84. The first-order valence-corrected chi connectivity index (χ1v) is 7.79. The van der Waals surface area contributed by atoms with E-state index in [1.54, 1.807) is 0 Å². The summed E-state index contributed by atoms with van der Waals surface area (Å²) in [4.78, 5) is 12.1. The first kappa shape index (κ1) is 15.0. The summed E-state index contributed by atoms with van der Waals surface area (Å²) in [6.07, 6.45) is 6.53. The van der Waals surface area contributed by atoms with Gasteiger partial charge >= 0.3 is 0 Å². The van der Waals surface area contributed by atoms with Gasteiger partial charge in [-0.05, 0) is 43.6 Å². The zero-order valence-electron chi connectivity index (χ0n) is 12.3. The summed E-state index contributed by atoms with van der Waals surface area (Å²) in [5.74, 6) is 0.843. The van der Waals surface area contributed by atoms with E-state index in [0.29, 0.717) is 12.5 Å². The predicted octanol–water partition coefficient (Wildman–Crippen LogP) is 2.64. The molecular weight excluding hydrogens is 248 g/mol. The summed E-state index contributed by atoms with van der Waals surface area (Å²) in [5.41, 5.74) is 7.12. The van der Waals surface area contributed by atoms with Crippen molar-refractivity contribution >= 4 is 5.91 Å². The Bertz CT molecular complexity index is 410. The highest BCUT2D eigenvalue weighted by molar-refractivity contribution is 5.82. The standard InChI is InChI=1S/C17H26N2O/c1-2-13-8-10-15(11-9-13)19-17(20)16(18)12-14-6-4-3-5-7-14/h3-7,13,15-16H,2,8-12,18H2,1H3,(H,19,20). The third-order valence-corrected chi connectivity index (χ3v) is 4.41. The van der Waals surface area contributed by atoms with Gasteiger partial charge < -0.3 is 11.1 Å². The van der Waals surface area contributed by atoms with E-state index in [0.717, 1.165) is 24.3 Å². The van der Waals surface area contributed by atoms with Gasteiger partial charge in [0.05, 0.1) is 6.04 Å². The van der Waals surface area contributed by atoms with Gasteiger partial charge in [-0.2, -0.15) is 0 Å². The zero-order valence-corrected chi connectivity index (χ0v) is 12.3. The average Bonchev–Trinajstić information content (AvgIpc) is 2.49. The van der Waals surface area contributed by atoms with E-state index in [2.05, 4.69) is 12.2 Å². The smallest absolute Gasteiger partial charge is 0.237 e. The fourth-order valence-corrected chi connectivity index (χ4v) is 2.98. The molecule has 0 aromatic heterocycles. The molecule has 3 nitrogen and oxygen atoms in total. The number of hydrogen-bond acceptors (Lipinski definition) is 2. The van der Waals surface area contributed by atoms with Crippen LogP contribution < -0.4 is 11.1 Å². The Balaban J connectivity index is 1.77. The molecule has 1 fully saturated rings. The quantitative estimate of drug-likeness (QED) is 0.867. The van der Waals surface area contributed by atoms with Crippen molar-refractivity contribution in [2.24, 2.45) is 11.7 Å². The first-order valence-electron chi connectivity index (χ1n) is 7.79. The lowest BCUT2D eigenvalue weighted by Crippen LogP contribution is -2.47. The van der Waals surface area contributed by atoms with Gasteiger partial charge in [-0.15, -0.1) is 0 Å². The highest BCUT2D eigenvalue weighted by atomic mass is 16.2. The van der Waals surface area contributed by atoms with Crippen LogP contribution >= 0.6 is 0 Å². The summed E-state index contributed by atoms with van der Waals surface area (Å²) in [5, 5.41) is 3.12. The van der Waals surface area contributed by atoms with Crippen LogP contribution in [0.1, 0.15) is 44.6 Å². The van der Waals surface area contributed by atoms with E-state index < -0.39 is 6.04 Å². The third kappa shape index (κ3) is 4.34. The molecule has 0 aliphatic heterocycles. The molecule has 3 N–H and O–H groups in total. The van der Waals surface area contributed by atoms with Crippen molar-refractivity contribution in [3.8, 4) is 0 Å². The van der Waals surface area contributed by atoms with Gasteiger partial charge in [0.25, 0.3) is 0 Å². The molecule has 20 heavy (non-hydrogen) atoms. The van der Waals surface area contributed by atoms with Gasteiger partial charge in [0, 0.05) is 6.04 Å². The zero-order chi connectivity index (χ0) is 14.4. The van der Waals surface area contributed by atoms with Crippen molar-refractivity contribution < 1.29 is 4.79 Å². The molecule has 0 heterocycles. The molecule has 1 aromatic rings. The van der Waals surface area contributed by atoms with E-state index in [4.69, 9.17) is 5.73 Å². The SMILES string of the molecule is CCC1CCC(NC(=O)C(N)Cc2ccccc2)CC1. The number of carbonyl (C=O) groups is 1. The number of nitrogens with two attached hydrogens (primary N) is 1. The fourth-order valence-electron chi connectivity index (χ4n) is 2.98. The van der Waals surface area contributed by atoms with Crippen molar-refractivity contribution in [3.63, 3.8) is 0 Å². The number of carbonyl (C=O) groups excluding carboxylic acids is 1. The Morgan fingerprint density at radius 2 is 1.90 bits per heavy atom. The van der Waals surface area contributed by atoms with E-state index >= 15 is 0 Å². The lowest BCUT2D eigenvalue weighted by Gasteiger charge is -2.29. The van der Waals surface area contributed by atoms with Crippen molar-refractivity contribution in [1.29, 1.82) is 0 Å². The van der Waals surface area contributed by atoms with Crippen molar-refractivity contribution in [2.45, 2.75) is 57.5 Å². The maximum Gasteiger partial charge on any atom is 0.237 e. The molecule has 1 atom stereocenters. The Morgan fingerprint density at radius 1 is 1.25 bits per heavy atom. The molecule has 1 amide bonds. The van der Waals surface area contributed by atoms with Crippen LogP contribution in [-0.2, 0) is 11.2 Å². The van der Waals surface area contributed by atoms with E-state index in [1.807, 2.05) is 30.3 Å². The normalized spacial score (nSPS) is 24.1. The van der Waals surface area contributed by atoms with Gasteiger partial charge in [0.2, 0.25) is 5.91 Å². The largest absolute Gasteiger partial charge is 0.352 e. The Kier molecular flexibility index (Phi) is 5.60. The second kappa shape index (κ2) is 7.44. The molecule has 1 aliphatic rings. The van der Waals surface area contributed by atoms with E-state index in [-0.39, 0.29) is 5.91 Å². The maximum atomic E-state index is 12.1. The monoisotopic (exact) mass is 274 g/mol. The van der Waals surface area contributed by atoms with Gasteiger partial charge in [-0.25, -0.2) is 0 Å². The molecular formula is C17H26N2O. The third-order valence-electron chi connectivity index (χ3n) is 4.41. The molecule has 0 spiro atoms. The molecule has 1 unspecified atom stereocenters. The van der Waals surface area contributed by atoms with Crippen molar-refractivity contribution in [2.75, 3.05) is 0 Å². The first-order chi connectivity index (χ1) is 9.69. The van der Waals surface area contributed by atoms with Crippen LogP contribution in [0, 0.1) is 5.92 Å². The predicted molar refractivity (Wildman–Crippen MR) is 82.3 cm³/mol. The maximum absolute atomic E-state index is 12.1. The minimum absolute atomic E-state index is 0.00574. The highest BCUT2D eigenvalue weighted by Gasteiger charge is 2.23. The number of rotatable bonds is 5. The van der Waals surface area contributed by atoms with Crippen molar-refractivity contribution in [1.82, 2.24) is 5.32 Å². The molecule has 1 aliphatic carbocycles. The van der Waals surface area contributed by atoms with E-state index in [1.165, 1.54) is 19.3 Å². The van der Waals surface area contributed by atoms with Gasteiger partial charge in [0.1, 0.15) is 0 Å². The topological polar surface area (TPSA) is 55.1 Å². The minimum Gasteiger partial charge on any atom is -0.352 e. The summed E-state index contributed by atoms with van der Waals surface area (Å²) in [6, 6.07) is 9.84. The van der Waals surface area contributed by atoms with Crippen LogP contribution in [-0.4, -0.2) is 18.0 Å². The summed E-state index contributed by atoms with van der Waals surface area (Å²) < 4.78 is 0. The number of benzene rings is 1. The van der Waals surface area contributed by atoms with Crippen LogP contribution in [0.4, 0.5) is 0 Å². The molecule has 1 saturated carbocycles. The molecule has 2 rings (SSSR count). The second-order valence-electron chi connectivity index (χ2n) is 5.93. The molecule has 0 bridgehead atoms. The van der Waals surface area contributed by atoms with Crippen LogP contribution in [0.3, 0.4) is 0 Å². The number of amides is 1. The second-order valence-corrected chi connectivity index (χ2v) is 5.93.